The Labute approximate surface area is 87.9 Å². The van der Waals surface area contributed by atoms with Crippen LogP contribution in [0.3, 0.4) is 0 Å². The van der Waals surface area contributed by atoms with Crippen molar-refractivity contribution in [2.24, 2.45) is 7.05 Å². The lowest BCUT2D eigenvalue weighted by Gasteiger charge is -1.93. The zero-order chi connectivity index (χ0) is 10.6. The fourth-order valence-corrected chi connectivity index (χ4v) is 2.34. The Kier molecular flexibility index (Phi) is 4.16. The third-order valence-electron chi connectivity index (χ3n) is 2.17. The molecule has 0 N–H and O–H groups in total. The molecule has 2 aromatic rings. The maximum Gasteiger partial charge on any atom is 0.0484 e. The van der Waals surface area contributed by atoms with Crippen molar-refractivity contribution in [3.8, 4) is 0 Å². The first-order valence-electron chi connectivity index (χ1n) is 5.05. The van der Waals surface area contributed by atoms with Crippen LogP contribution in [0.2, 0.25) is 0 Å². The average Bonchev–Trinajstić information content (AvgIpc) is 2.59. The van der Waals surface area contributed by atoms with Gasteiger partial charge in [-0.15, -0.1) is 0 Å². The smallest absolute Gasteiger partial charge is 0.0484 e. The molecule has 0 radical (unpaired) electrons. The van der Waals surface area contributed by atoms with Crippen LogP contribution in [0.25, 0.3) is 10.9 Å². The molecule has 0 aliphatic heterocycles. The van der Waals surface area contributed by atoms with E-state index >= 15 is 0 Å². The van der Waals surface area contributed by atoms with E-state index in [9.17, 15) is 0 Å². The Balaban J connectivity index is 0.000000461. The van der Waals surface area contributed by atoms with Crippen molar-refractivity contribution in [2.75, 3.05) is 6.66 Å². The van der Waals surface area contributed by atoms with E-state index in [2.05, 4.69) is 48.7 Å². The van der Waals surface area contributed by atoms with Crippen LogP contribution in [0.5, 0.6) is 0 Å². The highest BCUT2D eigenvalue weighted by molar-refractivity contribution is 7.47. The van der Waals surface area contributed by atoms with E-state index in [-0.39, 0.29) is 0 Å². The Morgan fingerprint density at radius 3 is 2.43 bits per heavy atom. The van der Waals surface area contributed by atoms with Gasteiger partial charge >= 0.3 is 0 Å². The van der Waals surface area contributed by atoms with Gasteiger partial charge in [-0.25, -0.2) is 0 Å². The van der Waals surface area contributed by atoms with Crippen molar-refractivity contribution in [1.82, 2.24) is 4.57 Å². The van der Waals surface area contributed by atoms with Gasteiger partial charge in [0, 0.05) is 24.1 Å². The highest BCUT2D eigenvalue weighted by Gasteiger charge is 2.02. The maximum absolute atomic E-state index is 2.23. The summed E-state index contributed by atoms with van der Waals surface area (Å²) in [6.45, 7) is 6.22. The lowest BCUT2D eigenvalue weighted by molar-refractivity contribution is 0.972. The molecule has 0 saturated heterocycles. The highest BCUT2D eigenvalue weighted by atomic mass is 31.1. The van der Waals surface area contributed by atoms with E-state index in [1.54, 1.807) is 0 Å². The van der Waals surface area contributed by atoms with Crippen LogP contribution in [0.1, 0.15) is 13.8 Å². The molecular weight excluding hydrogens is 189 g/mol. The van der Waals surface area contributed by atoms with Gasteiger partial charge in [-0.05, 0) is 18.0 Å². The van der Waals surface area contributed by atoms with Crippen LogP contribution < -0.4 is 5.30 Å². The zero-order valence-corrected chi connectivity index (χ0v) is 10.3. The molecule has 1 atom stereocenters. The lowest BCUT2D eigenvalue weighted by atomic mass is 10.2. The summed E-state index contributed by atoms with van der Waals surface area (Å²) in [6, 6.07) is 8.55. The first-order valence-corrected chi connectivity index (χ1v) is 6.55. The van der Waals surface area contributed by atoms with Gasteiger partial charge in [0.05, 0.1) is 0 Å². The van der Waals surface area contributed by atoms with Crippen LogP contribution in [0.15, 0.2) is 30.5 Å². The minimum Gasteiger partial charge on any atom is -0.350 e. The number of nitrogens with zero attached hydrogens (tertiary/aromatic N) is 1. The molecule has 14 heavy (non-hydrogen) atoms. The predicted octanol–water partition coefficient (Wildman–Crippen LogP) is 3.14. The third kappa shape index (κ3) is 1.99. The van der Waals surface area contributed by atoms with Gasteiger partial charge in [0.1, 0.15) is 0 Å². The van der Waals surface area contributed by atoms with Crippen LogP contribution >= 0.6 is 8.58 Å². The molecule has 0 saturated carbocycles. The van der Waals surface area contributed by atoms with E-state index in [1.807, 2.05) is 13.8 Å². The molecule has 76 valence electrons. The third-order valence-corrected chi connectivity index (χ3v) is 3.10. The van der Waals surface area contributed by atoms with Gasteiger partial charge in [0.15, 0.2) is 0 Å². The molecule has 2 heteroatoms. The summed E-state index contributed by atoms with van der Waals surface area (Å²) >= 11 is 0. The van der Waals surface area contributed by atoms with Gasteiger partial charge in [-0.3, -0.25) is 0 Å². The summed E-state index contributed by atoms with van der Waals surface area (Å²) in [5, 5.41) is 2.87. The van der Waals surface area contributed by atoms with E-state index < -0.39 is 0 Å². The Hall–Kier alpha value is -0.810. The maximum atomic E-state index is 2.23. The van der Waals surface area contributed by atoms with Crippen molar-refractivity contribution < 1.29 is 0 Å². The van der Waals surface area contributed by atoms with Crippen LogP contribution in [-0.4, -0.2) is 11.2 Å². The fourth-order valence-electron chi connectivity index (χ4n) is 1.54. The van der Waals surface area contributed by atoms with Gasteiger partial charge in [-0.1, -0.05) is 40.6 Å². The molecule has 2 rings (SSSR count). The van der Waals surface area contributed by atoms with E-state index in [0.29, 0.717) is 0 Å². The number of aryl methyl sites for hydroxylation is 1. The molecule has 0 bridgehead atoms. The van der Waals surface area contributed by atoms with Crippen molar-refractivity contribution in [2.45, 2.75) is 13.8 Å². The lowest BCUT2D eigenvalue weighted by Crippen LogP contribution is -1.88. The molecule has 0 aliphatic rings. The molecule has 1 aromatic carbocycles. The summed E-state index contributed by atoms with van der Waals surface area (Å²) in [4.78, 5) is 0. The Morgan fingerprint density at radius 2 is 1.79 bits per heavy atom. The van der Waals surface area contributed by atoms with Crippen molar-refractivity contribution in [3.63, 3.8) is 0 Å². The van der Waals surface area contributed by atoms with Crippen LogP contribution in [0.4, 0.5) is 0 Å². The van der Waals surface area contributed by atoms with Crippen LogP contribution in [-0.2, 0) is 7.05 Å². The fraction of sp³-hybridized carbons (Fsp3) is 0.333. The monoisotopic (exact) mass is 207 g/mol. The Morgan fingerprint density at radius 1 is 1.14 bits per heavy atom. The molecule has 1 aromatic heterocycles. The molecule has 0 aliphatic carbocycles. The van der Waals surface area contributed by atoms with E-state index in [4.69, 9.17) is 0 Å². The summed E-state index contributed by atoms with van der Waals surface area (Å²) in [6.07, 6.45) is 2.23. The molecule has 0 amide bonds. The van der Waals surface area contributed by atoms with Gasteiger partial charge < -0.3 is 4.57 Å². The minimum absolute atomic E-state index is 0.884. The summed E-state index contributed by atoms with van der Waals surface area (Å²) in [5.41, 5.74) is 1.34. The first kappa shape index (κ1) is 11.3. The number of para-hydroxylation sites is 1. The van der Waals surface area contributed by atoms with Gasteiger partial charge in [0.2, 0.25) is 0 Å². The second-order valence-electron chi connectivity index (χ2n) is 2.92. The molecule has 0 fully saturated rings. The second kappa shape index (κ2) is 5.17. The number of fused-ring (bicyclic) bond motifs is 1. The summed E-state index contributed by atoms with van der Waals surface area (Å²) < 4.78 is 2.20. The first-order chi connectivity index (χ1) is 6.83. The predicted molar refractivity (Wildman–Crippen MR) is 68.1 cm³/mol. The molecule has 1 heterocycles. The normalized spacial score (nSPS) is 10.6. The topological polar surface area (TPSA) is 4.93 Å². The second-order valence-corrected chi connectivity index (χ2v) is 3.96. The van der Waals surface area contributed by atoms with Gasteiger partial charge in [0.25, 0.3) is 0 Å². The zero-order valence-electron chi connectivity index (χ0n) is 9.33. The number of hydrogen-bond acceptors (Lipinski definition) is 0. The number of hydrogen-bond donors (Lipinski definition) is 0. The van der Waals surface area contributed by atoms with E-state index in [1.165, 1.54) is 16.2 Å². The average molecular weight is 207 g/mol. The molecule has 1 nitrogen and oxygen atoms in total. The summed E-state index contributed by atoms with van der Waals surface area (Å²) in [5.74, 6) is 0. The van der Waals surface area contributed by atoms with E-state index in [0.717, 1.165) is 8.58 Å². The highest BCUT2D eigenvalue weighted by Crippen LogP contribution is 2.17. The molecule has 0 spiro atoms. The van der Waals surface area contributed by atoms with Crippen LogP contribution in [0, 0.1) is 0 Å². The van der Waals surface area contributed by atoms with Crippen molar-refractivity contribution in [3.05, 3.63) is 30.5 Å². The van der Waals surface area contributed by atoms with Gasteiger partial charge in [-0.2, -0.15) is 0 Å². The minimum atomic E-state index is 0.884. The largest absolute Gasteiger partial charge is 0.350 e. The standard InChI is InChI=1S/C10H12NP.C2H6/c1-11-7-10(12-2)8-5-3-4-6-9(8)11;1-2/h3-7,12H,1-2H3;1-2H3. The molecular formula is C12H18NP. The number of aromatic nitrogens is 1. The quantitative estimate of drug-likeness (QED) is 0.633. The molecule has 1 unspecified atom stereocenters. The Bertz CT molecular complexity index is 404. The van der Waals surface area contributed by atoms with Crippen molar-refractivity contribution in [1.29, 1.82) is 0 Å². The van der Waals surface area contributed by atoms with Crippen molar-refractivity contribution >= 4 is 24.8 Å². The number of rotatable bonds is 1. The SMILES string of the molecule is CC.CPc1cn(C)c2ccccc12. The number of benzene rings is 1. The summed E-state index contributed by atoms with van der Waals surface area (Å²) in [7, 11) is 2.99.